The summed E-state index contributed by atoms with van der Waals surface area (Å²) in [4.78, 5) is 0. The Morgan fingerprint density at radius 1 is 1.09 bits per heavy atom. The van der Waals surface area contributed by atoms with Crippen LogP contribution >= 0.6 is 0 Å². The van der Waals surface area contributed by atoms with Crippen LogP contribution in [0.4, 0.5) is 4.39 Å². The Labute approximate surface area is 67.2 Å². The minimum absolute atomic E-state index is 0.130. The summed E-state index contributed by atoms with van der Waals surface area (Å²) >= 11 is 0. The lowest BCUT2D eigenvalue weighted by Crippen LogP contribution is -2.21. The van der Waals surface area contributed by atoms with Crippen molar-refractivity contribution in [3.05, 3.63) is 0 Å². The monoisotopic (exact) mass is 157 g/mol. The van der Waals surface area contributed by atoms with Gasteiger partial charge in [-0.15, -0.1) is 0 Å². The van der Waals surface area contributed by atoms with E-state index in [0.717, 1.165) is 44.9 Å². The first-order valence-corrected chi connectivity index (χ1v) is 4.60. The lowest BCUT2D eigenvalue weighted by Gasteiger charge is -2.08. The Morgan fingerprint density at radius 3 is 2.18 bits per heavy atom. The van der Waals surface area contributed by atoms with Crippen molar-refractivity contribution < 1.29 is 4.39 Å². The van der Waals surface area contributed by atoms with Crippen LogP contribution in [0.15, 0.2) is 0 Å². The average Bonchev–Trinajstić information content (AvgIpc) is 2.78. The maximum absolute atomic E-state index is 13.1. The predicted octanol–water partition coefficient (Wildman–Crippen LogP) is 2.15. The first-order chi connectivity index (χ1) is 5.12. The fourth-order valence-electron chi connectivity index (χ4n) is 1.55. The third-order valence-corrected chi connectivity index (χ3v) is 2.98. The number of hydrogen-bond donors (Lipinski definition) is 1. The van der Waals surface area contributed by atoms with E-state index < -0.39 is 5.67 Å². The van der Waals surface area contributed by atoms with Gasteiger partial charge in [0, 0.05) is 5.54 Å². The highest BCUT2D eigenvalue weighted by atomic mass is 19.1. The van der Waals surface area contributed by atoms with Crippen LogP contribution in [-0.4, -0.2) is 11.2 Å². The maximum atomic E-state index is 13.1. The van der Waals surface area contributed by atoms with Gasteiger partial charge >= 0.3 is 0 Å². The summed E-state index contributed by atoms with van der Waals surface area (Å²) in [5, 5.41) is 0. The highest BCUT2D eigenvalue weighted by molar-refractivity contribution is 5.00. The van der Waals surface area contributed by atoms with Crippen LogP contribution < -0.4 is 5.73 Å². The van der Waals surface area contributed by atoms with Crippen LogP contribution in [0.3, 0.4) is 0 Å². The van der Waals surface area contributed by atoms with Gasteiger partial charge in [-0.05, 0) is 44.9 Å². The summed E-state index contributed by atoms with van der Waals surface area (Å²) in [5.41, 5.74) is 5.25. The normalized spacial score (nSPS) is 30.0. The largest absolute Gasteiger partial charge is 0.325 e. The molecule has 0 amide bonds. The highest BCUT2D eigenvalue weighted by Crippen LogP contribution is 2.46. The second-order valence-corrected chi connectivity index (χ2v) is 4.37. The minimum Gasteiger partial charge on any atom is -0.325 e. The van der Waals surface area contributed by atoms with Gasteiger partial charge < -0.3 is 5.73 Å². The van der Waals surface area contributed by atoms with Gasteiger partial charge in [0.15, 0.2) is 0 Å². The van der Waals surface area contributed by atoms with E-state index in [1.54, 1.807) is 0 Å². The molecule has 2 rings (SSSR count). The number of halogens is 1. The molecule has 2 saturated carbocycles. The Hall–Kier alpha value is -0.110. The van der Waals surface area contributed by atoms with Crippen LogP contribution in [-0.2, 0) is 0 Å². The number of hydrogen-bond acceptors (Lipinski definition) is 1. The van der Waals surface area contributed by atoms with Crippen molar-refractivity contribution in [3.63, 3.8) is 0 Å². The minimum atomic E-state index is -0.759. The maximum Gasteiger partial charge on any atom is 0.111 e. The van der Waals surface area contributed by atoms with Crippen molar-refractivity contribution in [2.75, 3.05) is 0 Å². The van der Waals surface area contributed by atoms with E-state index in [-0.39, 0.29) is 5.54 Å². The molecule has 2 aliphatic carbocycles. The molecule has 0 aromatic carbocycles. The van der Waals surface area contributed by atoms with E-state index in [1.807, 2.05) is 0 Å². The molecule has 0 atom stereocenters. The fraction of sp³-hybridized carbons (Fsp3) is 1.00. The molecule has 0 aromatic rings. The van der Waals surface area contributed by atoms with E-state index in [4.69, 9.17) is 5.73 Å². The Balaban J connectivity index is 1.60. The molecule has 0 radical (unpaired) electrons. The summed E-state index contributed by atoms with van der Waals surface area (Å²) in [7, 11) is 0. The van der Waals surface area contributed by atoms with Crippen molar-refractivity contribution in [1.82, 2.24) is 0 Å². The highest BCUT2D eigenvalue weighted by Gasteiger charge is 2.44. The van der Waals surface area contributed by atoms with E-state index in [1.165, 1.54) is 0 Å². The summed E-state index contributed by atoms with van der Waals surface area (Å²) in [6, 6.07) is 0. The molecule has 0 aliphatic heterocycles. The molecule has 11 heavy (non-hydrogen) atoms. The summed E-state index contributed by atoms with van der Waals surface area (Å²) < 4.78 is 13.1. The molecule has 2 heteroatoms. The van der Waals surface area contributed by atoms with Crippen molar-refractivity contribution in [2.24, 2.45) is 5.73 Å². The zero-order valence-corrected chi connectivity index (χ0v) is 6.91. The van der Waals surface area contributed by atoms with Crippen molar-refractivity contribution in [2.45, 2.75) is 56.2 Å². The molecule has 2 aliphatic rings. The lowest BCUT2D eigenvalue weighted by atomic mass is 10.1. The first kappa shape index (κ1) is 7.53. The zero-order valence-electron chi connectivity index (χ0n) is 6.91. The third-order valence-electron chi connectivity index (χ3n) is 2.98. The summed E-state index contributed by atoms with van der Waals surface area (Å²) in [5.74, 6) is 0. The van der Waals surface area contributed by atoms with Gasteiger partial charge in [-0.1, -0.05) is 0 Å². The van der Waals surface area contributed by atoms with Crippen LogP contribution in [0.2, 0.25) is 0 Å². The standard InChI is InChI=1S/C9H16FN/c10-8(4-5-8)2-1-3-9(11)6-7-9/h1-7,11H2. The molecular formula is C9H16FN. The van der Waals surface area contributed by atoms with Crippen molar-refractivity contribution >= 4 is 0 Å². The van der Waals surface area contributed by atoms with Crippen LogP contribution in [0, 0.1) is 0 Å². The second-order valence-electron chi connectivity index (χ2n) is 4.37. The van der Waals surface area contributed by atoms with Gasteiger partial charge in [0.1, 0.15) is 5.67 Å². The van der Waals surface area contributed by atoms with Crippen LogP contribution in [0.25, 0.3) is 0 Å². The van der Waals surface area contributed by atoms with E-state index in [0.29, 0.717) is 0 Å². The molecule has 2 N–H and O–H groups in total. The topological polar surface area (TPSA) is 26.0 Å². The Kier molecular flexibility index (Phi) is 1.50. The van der Waals surface area contributed by atoms with Gasteiger partial charge in [-0.25, -0.2) is 4.39 Å². The molecule has 1 nitrogen and oxygen atoms in total. The van der Waals surface area contributed by atoms with Gasteiger partial charge in [-0.2, -0.15) is 0 Å². The lowest BCUT2D eigenvalue weighted by molar-refractivity contribution is 0.278. The van der Waals surface area contributed by atoms with Crippen LogP contribution in [0.1, 0.15) is 44.9 Å². The summed E-state index contributed by atoms with van der Waals surface area (Å²) in [6.45, 7) is 0. The molecule has 0 saturated heterocycles. The smallest absolute Gasteiger partial charge is 0.111 e. The number of nitrogens with two attached hydrogens (primary N) is 1. The van der Waals surface area contributed by atoms with E-state index in [2.05, 4.69) is 0 Å². The Morgan fingerprint density at radius 2 is 1.73 bits per heavy atom. The number of rotatable bonds is 4. The molecule has 0 heterocycles. The molecule has 0 unspecified atom stereocenters. The zero-order chi connectivity index (χ0) is 7.95. The molecule has 64 valence electrons. The Bertz CT molecular complexity index is 141. The van der Waals surface area contributed by atoms with E-state index in [9.17, 15) is 4.39 Å². The molecular weight excluding hydrogens is 141 g/mol. The molecule has 0 aromatic heterocycles. The SMILES string of the molecule is NC1(CCCC2(F)CC2)CC1. The third kappa shape index (κ3) is 1.92. The molecule has 2 fully saturated rings. The molecule has 0 spiro atoms. The fourth-order valence-corrected chi connectivity index (χ4v) is 1.55. The summed E-state index contributed by atoms with van der Waals surface area (Å²) in [6.07, 6.45) is 6.70. The number of alkyl halides is 1. The quantitative estimate of drug-likeness (QED) is 0.664. The van der Waals surface area contributed by atoms with E-state index >= 15 is 0 Å². The average molecular weight is 157 g/mol. The van der Waals surface area contributed by atoms with Crippen molar-refractivity contribution in [3.8, 4) is 0 Å². The van der Waals surface area contributed by atoms with Gasteiger partial charge in [0.25, 0.3) is 0 Å². The van der Waals surface area contributed by atoms with Gasteiger partial charge in [-0.3, -0.25) is 0 Å². The van der Waals surface area contributed by atoms with Gasteiger partial charge in [0.05, 0.1) is 0 Å². The van der Waals surface area contributed by atoms with Gasteiger partial charge in [0.2, 0.25) is 0 Å². The van der Waals surface area contributed by atoms with Crippen molar-refractivity contribution in [1.29, 1.82) is 0 Å². The molecule has 0 bridgehead atoms. The second kappa shape index (κ2) is 2.19. The van der Waals surface area contributed by atoms with Crippen LogP contribution in [0.5, 0.6) is 0 Å². The first-order valence-electron chi connectivity index (χ1n) is 4.60. The predicted molar refractivity (Wildman–Crippen MR) is 43.1 cm³/mol.